The van der Waals surface area contributed by atoms with Crippen molar-refractivity contribution in [1.82, 2.24) is 14.8 Å². The molecular formula is C22H15BrN4O2. The minimum atomic E-state index is -0.348. The van der Waals surface area contributed by atoms with Gasteiger partial charge >= 0.3 is 0 Å². The van der Waals surface area contributed by atoms with E-state index in [1.165, 1.54) is 6.33 Å². The number of rotatable bonds is 5. The van der Waals surface area contributed by atoms with E-state index in [1.807, 2.05) is 12.1 Å². The summed E-state index contributed by atoms with van der Waals surface area (Å²) in [6.07, 6.45) is 3.05. The van der Waals surface area contributed by atoms with E-state index in [2.05, 4.69) is 31.3 Å². The van der Waals surface area contributed by atoms with E-state index < -0.39 is 0 Å². The van der Waals surface area contributed by atoms with Gasteiger partial charge in [-0.1, -0.05) is 34.1 Å². The first-order chi connectivity index (χ1) is 14.1. The molecule has 29 heavy (non-hydrogen) atoms. The quantitative estimate of drug-likeness (QED) is 0.457. The van der Waals surface area contributed by atoms with Crippen LogP contribution in [0.5, 0.6) is 0 Å². The highest BCUT2D eigenvalue weighted by atomic mass is 79.9. The number of nitrogens with zero attached hydrogens (tertiary/aromatic N) is 3. The smallest absolute Gasteiger partial charge is 0.256 e. The average molecular weight is 447 g/mol. The van der Waals surface area contributed by atoms with Gasteiger partial charge in [0.25, 0.3) is 5.91 Å². The largest absolute Gasteiger partial charge is 0.322 e. The van der Waals surface area contributed by atoms with Crippen LogP contribution >= 0.6 is 15.9 Å². The van der Waals surface area contributed by atoms with E-state index in [9.17, 15) is 9.59 Å². The third-order valence-electron chi connectivity index (χ3n) is 4.33. The standard InChI is InChI=1S/C22H15BrN4O2/c23-16-7-5-15(6-8-16)21(28)19-3-1-2-4-20(19)22(29)26-17-9-11-18(12-10-17)27-14-24-13-25-27/h1-14H,(H,26,29). The topological polar surface area (TPSA) is 76.9 Å². The zero-order valence-corrected chi connectivity index (χ0v) is 16.7. The van der Waals surface area contributed by atoms with Crippen molar-refractivity contribution in [2.24, 2.45) is 0 Å². The van der Waals surface area contributed by atoms with Crippen LogP contribution in [-0.4, -0.2) is 26.5 Å². The molecule has 0 aliphatic carbocycles. The van der Waals surface area contributed by atoms with E-state index in [0.29, 0.717) is 22.4 Å². The molecule has 3 aromatic carbocycles. The van der Waals surface area contributed by atoms with Gasteiger partial charge in [-0.2, -0.15) is 5.10 Å². The number of halogens is 1. The van der Waals surface area contributed by atoms with E-state index in [1.54, 1.807) is 71.7 Å². The number of amides is 1. The van der Waals surface area contributed by atoms with Crippen molar-refractivity contribution in [2.75, 3.05) is 5.32 Å². The van der Waals surface area contributed by atoms with Crippen molar-refractivity contribution < 1.29 is 9.59 Å². The Morgan fingerprint density at radius 2 is 1.55 bits per heavy atom. The molecule has 0 unspecified atom stereocenters. The Balaban J connectivity index is 1.56. The van der Waals surface area contributed by atoms with Crippen molar-refractivity contribution in [3.05, 3.63) is 107 Å². The van der Waals surface area contributed by atoms with Gasteiger partial charge in [-0.05, 0) is 54.6 Å². The molecule has 142 valence electrons. The third-order valence-corrected chi connectivity index (χ3v) is 4.86. The Morgan fingerprint density at radius 1 is 0.862 bits per heavy atom. The van der Waals surface area contributed by atoms with Crippen LogP contribution in [0.1, 0.15) is 26.3 Å². The Morgan fingerprint density at radius 3 is 2.21 bits per heavy atom. The number of anilines is 1. The molecule has 4 aromatic rings. The number of hydrogen-bond acceptors (Lipinski definition) is 4. The molecule has 0 saturated heterocycles. The summed E-state index contributed by atoms with van der Waals surface area (Å²) in [5.74, 6) is -0.552. The van der Waals surface area contributed by atoms with Crippen LogP contribution in [0.4, 0.5) is 5.69 Å². The zero-order chi connectivity index (χ0) is 20.2. The highest BCUT2D eigenvalue weighted by Crippen LogP contribution is 2.19. The summed E-state index contributed by atoms with van der Waals surface area (Å²) in [7, 11) is 0. The highest BCUT2D eigenvalue weighted by molar-refractivity contribution is 9.10. The van der Waals surface area contributed by atoms with Crippen molar-refractivity contribution in [3.63, 3.8) is 0 Å². The second kappa shape index (κ2) is 8.20. The zero-order valence-electron chi connectivity index (χ0n) is 15.1. The number of carbonyl (C=O) groups excluding carboxylic acids is 2. The average Bonchev–Trinajstić information content (AvgIpc) is 3.29. The molecule has 6 nitrogen and oxygen atoms in total. The Bertz CT molecular complexity index is 1150. The highest BCUT2D eigenvalue weighted by Gasteiger charge is 2.18. The molecule has 0 radical (unpaired) electrons. The van der Waals surface area contributed by atoms with Gasteiger partial charge in [0.1, 0.15) is 12.7 Å². The SMILES string of the molecule is O=C(Nc1ccc(-n2cncn2)cc1)c1ccccc1C(=O)c1ccc(Br)cc1. The van der Waals surface area contributed by atoms with Gasteiger partial charge in [-0.3, -0.25) is 9.59 Å². The molecule has 7 heteroatoms. The van der Waals surface area contributed by atoms with Gasteiger partial charge in [0.2, 0.25) is 0 Å². The molecule has 0 atom stereocenters. The maximum absolute atomic E-state index is 12.9. The van der Waals surface area contributed by atoms with Gasteiger partial charge in [-0.15, -0.1) is 0 Å². The molecule has 0 spiro atoms. The van der Waals surface area contributed by atoms with Crippen LogP contribution in [0.25, 0.3) is 5.69 Å². The van der Waals surface area contributed by atoms with Crippen LogP contribution < -0.4 is 5.32 Å². The second-order valence-electron chi connectivity index (χ2n) is 6.22. The predicted octanol–water partition coefficient (Wildman–Crippen LogP) is 4.51. The fraction of sp³-hybridized carbons (Fsp3) is 0. The summed E-state index contributed by atoms with van der Waals surface area (Å²) in [6, 6.07) is 21.0. The number of carbonyl (C=O) groups is 2. The molecule has 0 aliphatic heterocycles. The molecule has 4 rings (SSSR count). The van der Waals surface area contributed by atoms with Crippen LogP contribution in [0.2, 0.25) is 0 Å². The minimum absolute atomic E-state index is 0.204. The van der Waals surface area contributed by atoms with Gasteiger partial charge in [-0.25, -0.2) is 9.67 Å². The Kier molecular flexibility index (Phi) is 5.31. The lowest BCUT2D eigenvalue weighted by atomic mass is 9.98. The van der Waals surface area contributed by atoms with Gasteiger partial charge < -0.3 is 5.32 Å². The molecule has 0 saturated carbocycles. The maximum atomic E-state index is 12.9. The summed E-state index contributed by atoms with van der Waals surface area (Å²) in [5, 5.41) is 6.91. The number of aromatic nitrogens is 3. The molecule has 1 amide bonds. The number of benzene rings is 3. The molecule has 1 aromatic heterocycles. The van der Waals surface area contributed by atoms with E-state index in [-0.39, 0.29) is 11.7 Å². The first-order valence-corrected chi connectivity index (χ1v) is 9.57. The Labute approximate surface area is 175 Å². The van der Waals surface area contributed by atoms with Gasteiger partial charge in [0, 0.05) is 21.3 Å². The molecule has 1 N–H and O–H groups in total. The lowest BCUT2D eigenvalue weighted by Crippen LogP contribution is -2.17. The molecular weight excluding hydrogens is 432 g/mol. The van der Waals surface area contributed by atoms with Crippen LogP contribution in [-0.2, 0) is 0 Å². The number of nitrogens with one attached hydrogen (secondary N) is 1. The summed E-state index contributed by atoms with van der Waals surface area (Å²) in [4.78, 5) is 29.7. The first-order valence-electron chi connectivity index (χ1n) is 8.77. The summed E-state index contributed by atoms with van der Waals surface area (Å²) >= 11 is 3.36. The summed E-state index contributed by atoms with van der Waals surface area (Å²) < 4.78 is 2.51. The molecule has 0 bridgehead atoms. The van der Waals surface area contributed by atoms with Crippen LogP contribution in [0.15, 0.2) is 89.9 Å². The van der Waals surface area contributed by atoms with E-state index in [4.69, 9.17) is 0 Å². The van der Waals surface area contributed by atoms with Crippen molar-refractivity contribution in [2.45, 2.75) is 0 Å². The summed E-state index contributed by atoms with van der Waals surface area (Å²) in [6.45, 7) is 0. The summed E-state index contributed by atoms with van der Waals surface area (Å²) in [5.41, 5.74) is 2.63. The first kappa shape index (κ1) is 18.8. The number of hydrogen-bond donors (Lipinski definition) is 1. The maximum Gasteiger partial charge on any atom is 0.256 e. The third kappa shape index (κ3) is 4.14. The molecule has 0 aliphatic rings. The lowest BCUT2D eigenvalue weighted by Gasteiger charge is -2.10. The van der Waals surface area contributed by atoms with Crippen molar-refractivity contribution in [3.8, 4) is 5.69 Å². The number of ketones is 1. The van der Waals surface area contributed by atoms with Gasteiger partial charge in [0.05, 0.1) is 11.3 Å². The fourth-order valence-electron chi connectivity index (χ4n) is 2.87. The van der Waals surface area contributed by atoms with Crippen molar-refractivity contribution >= 4 is 33.3 Å². The second-order valence-corrected chi connectivity index (χ2v) is 7.14. The normalized spacial score (nSPS) is 10.5. The van der Waals surface area contributed by atoms with Crippen LogP contribution in [0.3, 0.4) is 0 Å². The Hall–Kier alpha value is -3.58. The minimum Gasteiger partial charge on any atom is -0.322 e. The lowest BCUT2D eigenvalue weighted by molar-refractivity contribution is 0.0996. The monoisotopic (exact) mass is 446 g/mol. The van der Waals surface area contributed by atoms with Crippen LogP contribution in [0, 0.1) is 0 Å². The molecule has 1 heterocycles. The van der Waals surface area contributed by atoms with E-state index >= 15 is 0 Å². The fourth-order valence-corrected chi connectivity index (χ4v) is 3.14. The predicted molar refractivity (Wildman–Crippen MR) is 113 cm³/mol. The van der Waals surface area contributed by atoms with E-state index in [0.717, 1.165) is 10.2 Å². The van der Waals surface area contributed by atoms with Crippen molar-refractivity contribution in [1.29, 1.82) is 0 Å². The van der Waals surface area contributed by atoms with Gasteiger partial charge in [0.15, 0.2) is 5.78 Å². The molecule has 0 fully saturated rings.